The summed E-state index contributed by atoms with van der Waals surface area (Å²) in [5.41, 5.74) is 3.13. The Morgan fingerprint density at radius 1 is 1.03 bits per heavy atom. The molecular formula is C23H26ClN3O3. The summed E-state index contributed by atoms with van der Waals surface area (Å²) in [5.74, 6) is 0.905. The fraction of sp³-hybridized carbons (Fsp3) is 0.391. The van der Waals surface area contributed by atoms with Crippen LogP contribution in [0.15, 0.2) is 42.5 Å². The zero-order valence-corrected chi connectivity index (χ0v) is 17.7. The van der Waals surface area contributed by atoms with Crippen LogP contribution in [0.25, 0.3) is 0 Å². The van der Waals surface area contributed by atoms with Crippen LogP contribution in [0.3, 0.4) is 0 Å². The Bertz CT molecular complexity index is 908. The van der Waals surface area contributed by atoms with Crippen molar-refractivity contribution in [2.45, 2.75) is 19.4 Å². The van der Waals surface area contributed by atoms with Gasteiger partial charge >= 0.3 is 0 Å². The average molecular weight is 428 g/mol. The Hall–Kier alpha value is -2.57. The van der Waals surface area contributed by atoms with Crippen molar-refractivity contribution >= 4 is 23.4 Å². The van der Waals surface area contributed by atoms with Gasteiger partial charge in [-0.25, -0.2) is 0 Å². The highest BCUT2D eigenvalue weighted by molar-refractivity contribution is 6.30. The van der Waals surface area contributed by atoms with Crippen molar-refractivity contribution in [1.29, 1.82) is 0 Å². The number of fused-ring (bicyclic) bond motifs is 1. The second-order valence-corrected chi connectivity index (χ2v) is 8.15. The van der Waals surface area contributed by atoms with Gasteiger partial charge in [-0.05, 0) is 41.5 Å². The van der Waals surface area contributed by atoms with Gasteiger partial charge in [0, 0.05) is 62.7 Å². The average Bonchev–Trinajstić information content (AvgIpc) is 3.22. The third-order valence-corrected chi connectivity index (χ3v) is 5.87. The van der Waals surface area contributed by atoms with Gasteiger partial charge in [0.05, 0.1) is 6.61 Å². The van der Waals surface area contributed by atoms with Crippen LogP contribution in [0.1, 0.15) is 27.9 Å². The zero-order valence-electron chi connectivity index (χ0n) is 16.9. The van der Waals surface area contributed by atoms with E-state index in [4.69, 9.17) is 16.3 Å². The van der Waals surface area contributed by atoms with Gasteiger partial charge in [0.2, 0.25) is 5.91 Å². The predicted molar refractivity (Wildman–Crippen MR) is 116 cm³/mol. The Morgan fingerprint density at radius 2 is 1.80 bits per heavy atom. The first-order valence-corrected chi connectivity index (χ1v) is 10.7. The van der Waals surface area contributed by atoms with Gasteiger partial charge in [0.25, 0.3) is 5.91 Å². The van der Waals surface area contributed by atoms with E-state index in [-0.39, 0.29) is 11.8 Å². The highest BCUT2D eigenvalue weighted by atomic mass is 35.5. The summed E-state index contributed by atoms with van der Waals surface area (Å²) in [5, 5.41) is 3.39. The molecule has 6 nitrogen and oxygen atoms in total. The number of benzene rings is 2. The smallest absolute Gasteiger partial charge is 0.251 e. The van der Waals surface area contributed by atoms with Crippen LogP contribution in [0.5, 0.6) is 5.75 Å². The normalized spacial score (nSPS) is 16.1. The first-order chi connectivity index (χ1) is 14.6. The van der Waals surface area contributed by atoms with Crippen LogP contribution in [0, 0.1) is 0 Å². The van der Waals surface area contributed by atoms with Gasteiger partial charge in [-0.1, -0.05) is 23.7 Å². The standard InChI is InChI=1S/C23H26ClN3O3/c24-20-4-2-18(3-5-20)23(29)25-9-7-22(28)27-12-10-26(11-13-27)16-17-1-6-21-19(15-17)8-14-30-21/h1-6,15H,7-14,16H2,(H,25,29). The molecule has 7 heteroatoms. The van der Waals surface area contributed by atoms with Crippen LogP contribution < -0.4 is 10.1 Å². The molecule has 158 valence electrons. The third kappa shape index (κ3) is 5.12. The molecule has 0 saturated carbocycles. The van der Waals surface area contributed by atoms with E-state index in [0.29, 0.717) is 23.6 Å². The Labute approximate surface area is 181 Å². The van der Waals surface area contributed by atoms with Gasteiger partial charge in [0.15, 0.2) is 0 Å². The Kier molecular flexibility index (Phi) is 6.55. The first kappa shape index (κ1) is 20.7. The molecule has 0 aliphatic carbocycles. The van der Waals surface area contributed by atoms with Crippen LogP contribution in [0.4, 0.5) is 0 Å². The molecule has 2 amide bonds. The monoisotopic (exact) mass is 427 g/mol. The van der Waals surface area contributed by atoms with E-state index in [1.165, 1.54) is 11.1 Å². The summed E-state index contributed by atoms with van der Waals surface area (Å²) >= 11 is 5.84. The molecule has 1 fully saturated rings. The number of rotatable bonds is 6. The molecule has 4 rings (SSSR count). The Balaban J connectivity index is 1.18. The zero-order chi connectivity index (χ0) is 20.9. The first-order valence-electron chi connectivity index (χ1n) is 10.4. The number of ether oxygens (including phenoxy) is 1. The van der Waals surface area contributed by atoms with Gasteiger partial charge in [0.1, 0.15) is 5.75 Å². The summed E-state index contributed by atoms with van der Waals surface area (Å²) < 4.78 is 5.57. The van der Waals surface area contributed by atoms with Crippen LogP contribution >= 0.6 is 11.6 Å². The molecular weight excluding hydrogens is 402 g/mol. The molecule has 2 aromatic rings. The number of amides is 2. The number of hydrogen-bond donors (Lipinski definition) is 1. The summed E-state index contributed by atoms with van der Waals surface area (Å²) in [4.78, 5) is 28.9. The molecule has 1 N–H and O–H groups in total. The highest BCUT2D eigenvalue weighted by Crippen LogP contribution is 2.26. The maximum absolute atomic E-state index is 12.5. The lowest BCUT2D eigenvalue weighted by Gasteiger charge is -2.35. The van der Waals surface area contributed by atoms with Crippen molar-refractivity contribution in [3.8, 4) is 5.75 Å². The minimum Gasteiger partial charge on any atom is -0.493 e. The summed E-state index contributed by atoms with van der Waals surface area (Å²) in [6.45, 7) is 5.16. The fourth-order valence-corrected chi connectivity index (χ4v) is 4.02. The van der Waals surface area contributed by atoms with E-state index in [1.54, 1.807) is 24.3 Å². The Morgan fingerprint density at radius 3 is 2.57 bits per heavy atom. The molecule has 30 heavy (non-hydrogen) atoms. The van der Waals surface area contributed by atoms with Crippen molar-refractivity contribution in [3.63, 3.8) is 0 Å². The van der Waals surface area contributed by atoms with Gasteiger partial charge in [-0.2, -0.15) is 0 Å². The summed E-state index contributed by atoms with van der Waals surface area (Å²) in [6.07, 6.45) is 1.30. The molecule has 2 aliphatic heterocycles. The number of nitrogens with zero attached hydrogens (tertiary/aromatic N) is 2. The summed E-state index contributed by atoms with van der Waals surface area (Å²) in [7, 11) is 0. The molecule has 0 aromatic heterocycles. The van der Waals surface area contributed by atoms with Crippen molar-refractivity contribution in [3.05, 3.63) is 64.2 Å². The molecule has 0 atom stereocenters. The van der Waals surface area contributed by atoms with E-state index < -0.39 is 0 Å². The quantitative estimate of drug-likeness (QED) is 0.770. The number of hydrogen-bond acceptors (Lipinski definition) is 4. The highest BCUT2D eigenvalue weighted by Gasteiger charge is 2.21. The molecule has 0 unspecified atom stereocenters. The van der Waals surface area contributed by atoms with Crippen LogP contribution in [-0.2, 0) is 17.8 Å². The molecule has 1 saturated heterocycles. The summed E-state index contributed by atoms with van der Waals surface area (Å²) in [6, 6.07) is 13.1. The second kappa shape index (κ2) is 9.49. The molecule has 2 aliphatic rings. The van der Waals surface area contributed by atoms with Crippen molar-refractivity contribution in [2.24, 2.45) is 0 Å². The molecule has 0 bridgehead atoms. The minimum atomic E-state index is -0.191. The molecule has 2 heterocycles. The number of nitrogens with one attached hydrogen (secondary N) is 1. The topological polar surface area (TPSA) is 61.9 Å². The minimum absolute atomic E-state index is 0.0840. The van der Waals surface area contributed by atoms with E-state index >= 15 is 0 Å². The number of piperazine rings is 1. The number of carbonyl (C=O) groups excluding carboxylic acids is 2. The van der Waals surface area contributed by atoms with E-state index in [1.807, 2.05) is 4.90 Å². The van der Waals surface area contributed by atoms with Gasteiger partial charge in [-0.15, -0.1) is 0 Å². The predicted octanol–water partition coefficient (Wildman–Crippen LogP) is 2.74. The SMILES string of the molecule is O=C(NCCC(=O)N1CCN(Cc2ccc3c(c2)CCO3)CC1)c1ccc(Cl)cc1. The van der Waals surface area contributed by atoms with Crippen molar-refractivity contribution in [1.82, 2.24) is 15.1 Å². The van der Waals surface area contributed by atoms with E-state index in [9.17, 15) is 9.59 Å². The number of halogens is 1. The lowest BCUT2D eigenvalue weighted by Crippen LogP contribution is -2.48. The second-order valence-electron chi connectivity index (χ2n) is 7.71. The maximum atomic E-state index is 12.5. The molecule has 2 aromatic carbocycles. The maximum Gasteiger partial charge on any atom is 0.251 e. The molecule has 0 radical (unpaired) electrons. The molecule has 0 spiro atoms. The van der Waals surface area contributed by atoms with E-state index in [0.717, 1.165) is 51.5 Å². The van der Waals surface area contributed by atoms with Crippen molar-refractivity contribution < 1.29 is 14.3 Å². The number of carbonyl (C=O) groups is 2. The lowest BCUT2D eigenvalue weighted by molar-refractivity contribution is -0.132. The van der Waals surface area contributed by atoms with Crippen molar-refractivity contribution in [2.75, 3.05) is 39.3 Å². The fourth-order valence-electron chi connectivity index (χ4n) is 3.90. The van der Waals surface area contributed by atoms with Crippen LogP contribution in [-0.4, -0.2) is 60.9 Å². The largest absolute Gasteiger partial charge is 0.493 e. The third-order valence-electron chi connectivity index (χ3n) is 5.62. The van der Waals surface area contributed by atoms with E-state index in [2.05, 4.69) is 28.4 Å². The van der Waals surface area contributed by atoms with Crippen LogP contribution in [0.2, 0.25) is 5.02 Å². The van der Waals surface area contributed by atoms with Gasteiger partial charge < -0.3 is 15.0 Å². The van der Waals surface area contributed by atoms with Gasteiger partial charge in [-0.3, -0.25) is 14.5 Å². The lowest BCUT2D eigenvalue weighted by atomic mass is 10.1.